The van der Waals surface area contributed by atoms with Gasteiger partial charge >= 0.3 is 11.9 Å². The predicted octanol–water partition coefficient (Wildman–Crippen LogP) is 1.15. The average molecular weight is 202 g/mol. The second-order valence-corrected chi connectivity index (χ2v) is 3.68. The van der Waals surface area contributed by atoms with Gasteiger partial charge in [0.15, 0.2) is 0 Å². The van der Waals surface area contributed by atoms with Gasteiger partial charge in [-0.1, -0.05) is 20.8 Å². The molecule has 0 spiro atoms. The summed E-state index contributed by atoms with van der Waals surface area (Å²) in [6.45, 7) is 5.12. The third-order valence-corrected chi connectivity index (χ3v) is 1.45. The van der Waals surface area contributed by atoms with Crippen molar-refractivity contribution in [2.75, 3.05) is 7.11 Å². The molecule has 0 atom stereocenters. The quantitative estimate of drug-likeness (QED) is 0.422. The molecular weight excluding hydrogens is 188 g/mol. The van der Waals surface area contributed by atoms with Gasteiger partial charge in [0.1, 0.15) is 0 Å². The van der Waals surface area contributed by atoms with E-state index in [4.69, 9.17) is 5.11 Å². The van der Waals surface area contributed by atoms with E-state index < -0.39 is 17.4 Å². The highest BCUT2D eigenvalue weighted by atomic mass is 17.2. The zero-order valence-corrected chi connectivity index (χ0v) is 8.66. The molecule has 14 heavy (non-hydrogen) atoms. The minimum atomic E-state index is -1.19. The van der Waals surface area contributed by atoms with Crippen LogP contribution in [-0.4, -0.2) is 24.2 Å². The van der Waals surface area contributed by atoms with E-state index in [1.807, 2.05) is 0 Å². The standard InChI is InChI=1S/C9H14O5/c1-9(2,3)6(5-7(10)11)8(12)14-13-4/h5H,1-4H3,(H,10,11). The molecular formula is C9H14O5. The van der Waals surface area contributed by atoms with Crippen LogP contribution in [0.5, 0.6) is 0 Å². The van der Waals surface area contributed by atoms with Crippen LogP contribution in [0.3, 0.4) is 0 Å². The largest absolute Gasteiger partial charge is 0.478 e. The summed E-state index contributed by atoms with van der Waals surface area (Å²) >= 11 is 0. The molecule has 0 fully saturated rings. The van der Waals surface area contributed by atoms with Crippen molar-refractivity contribution in [1.82, 2.24) is 0 Å². The van der Waals surface area contributed by atoms with E-state index in [2.05, 4.69) is 9.78 Å². The summed E-state index contributed by atoms with van der Waals surface area (Å²) in [5.74, 6) is -1.98. The van der Waals surface area contributed by atoms with Crippen molar-refractivity contribution in [3.63, 3.8) is 0 Å². The van der Waals surface area contributed by atoms with Crippen LogP contribution in [0.15, 0.2) is 11.6 Å². The van der Waals surface area contributed by atoms with Gasteiger partial charge in [0.05, 0.1) is 12.7 Å². The number of carbonyl (C=O) groups is 2. The maximum atomic E-state index is 11.2. The molecule has 0 amide bonds. The fraction of sp³-hybridized carbons (Fsp3) is 0.556. The van der Waals surface area contributed by atoms with Gasteiger partial charge in [-0.3, -0.25) is 4.89 Å². The highest BCUT2D eigenvalue weighted by Gasteiger charge is 2.26. The number of carboxylic acid groups (broad SMARTS) is 1. The number of carbonyl (C=O) groups excluding carboxylic acids is 1. The topological polar surface area (TPSA) is 72.8 Å². The van der Waals surface area contributed by atoms with E-state index in [-0.39, 0.29) is 5.57 Å². The molecule has 0 aromatic heterocycles. The summed E-state index contributed by atoms with van der Waals surface area (Å²) in [5, 5.41) is 8.54. The molecule has 5 heteroatoms. The van der Waals surface area contributed by atoms with Gasteiger partial charge in [-0.25, -0.2) is 9.59 Å². The van der Waals surface area contributed by atoms with Gasteiger partial charge in [0.25, 0.3) is 0 Å². The molecule has 0 saturated carbocycles. The van der Waals surface area contributed by atoms with E-state index in [1.54, 1.807) is 20.8 Å². The van der Waals surface area contributed by atoms with Crippen LogP contribution < -0.4 is 0 Å². The Hall–Kier alpha value is -1.36. The molecule has 0 saturated heterocycles. The summed E-state index contributed by atoms with van der Waals surface area (Å²) in [5.41, 5.74) is -0.555. The molecule has 0 bridgehead atoms. The van der Waals surface area contributed by atoms with E-state index in [1.165, 1.54) is 7.11 Å². The first-order valence-corrected chi connectivity index (χ1v) is 3.99. The zero-order chi connectivity index (χ0) is 11.4. The lowest BCUT2D eigenvalue weighted by Gasteiger charge is -2.19. The lowest BCUT2D eigenvalue weighted by Crippen LogP contribution is -2.21. The minimum Gasteiger partial charge on any atom is -0.478 e. The molecule has 0 unspecified atom stereocenters. The van der Waals surface area contributed by atoms with Crippen LogP contribution in [0.25, 0.3) is 0 Å². The second kappa shape index (κ2) is 4.76. The molecule has 0 aliphatic heterocycles. The molecule has 0 aromatic rings. The predicted molar refractivity (Wildman–Crippen MR) is 48.3 cm³/mol. The third-order valence-electron chi connectivity index (χ3n) is 1.45. The van der Waals surface area contributed by atoms with Crippen molar-refractivity contribution in [3.8, 4) is 0 Å². The minimum absolute atomic E-state index is 0.0480. The van der Waals surface area contributed by atoms with Crippen LogP contribution in [-0.2, 0) is 19.4 Å². The normalized spacial score (nSPS) is 12.4. The molecule has 0 aliphatic rings. The van der Waals surface area contributed by atoms with E-state index >= 15 is 0 Å². The van der Waals surface area contributed by atoms with Gasteiger partial charge < -0.3 is 5.11 Å². The number of aliphatic carboxylic acids is 1. The van der Waals surface area contributed by atoms with E-state index in [0.717, 1.165) is 6.08 Å². The molecule has 80 valence electrons. The van der Waals surface area contributed by atoms with Gasteiger partial charge in [-0.2, -0.15) is 4.89 Å². The first-order chi connectivity index (χ1) is 6.29. The van der Waals surface area contributed by atoms with Gasteiger partial charge in [-0.05, 0) is 5.41 Å². The Morgan fingerprint density at radius 1 is 1.29 bits per heavy atom. The Bertz CT molecular complexity index is 259. The highest BCUT2D eigenvalue weighted by Crippen LogP contribution is 2.26. The summed E-state index contributed by atoms with van der Waals surface area (Å²) in [6, 6.07) is 0. The molecule has 0 aromatic carbocycles. The lowest BCUT2D eigenvalue weighted by atomic mass is 9.86. The Balaban J connectivity index is 4.93. The van der Waals surface area contributed by atoms with Crippen LogP contribution in [0.1, 0.15) is 20.8 Å². The van der Waals surface area contributed by atoms with Crippen molar-refractivity contribution in [2.24, 2.45) is 5.41 Å². The molecule has 1 N–H and O–H groups in total. The number of hydrogen-bond acceptors (Lipinski definition) is 4. The molecule has 0 heterocycles. The third kappa shape index (κ3) is 4.04. The van der Waals surface area contributed by atoms with Gasteiger partial charge in [0.2, 0.25) is 0 Å². The van der Waals surface area contributed by atoms with Crippen LogP contribution in [0.2, 0.25) is 0 Å². The fourth-order valence-corrected chi connectivity index (χ4v) is 0.826. The van der Waals surface area contributed by atoms with Crippen molar-refractivity contribution in [2.45, 2.75) is 20.8 Å². The summed E-state index contributed by atoms with van der Waals surface area (Å²) < 4.78 is 0. The number of rotatable bonds is 3. The Labute approximate surface area is 82.2 Å². The summed E-state index contributed by atoms with van der Waals surface area (Å²) in [7, 11) is 1.18. The number of carboxylic acids is 1. The van der Waals surface area contributed by atoms with Crippen molar-refractivity contribution in [1.29, 1.82) is 0 Å². The highest BCUT2D eigenvalue weighted by molar-refractivity contribution is 5.96. The first-order valence-electron chi connectivity index (χ1n) is 3.99. The Morgan fingerprint density at radius 3 is 2.07 bits per heavy atom. The van der Waals surface area contributed by atoms with Gasteiger partial charge in [0, 0.05) is 6.08 Å². The Morgan fingerprint density at radius 2 is 1.79 bits per heavy atom. The lowest BCUT2D eigenvalue weighted by molar-refractivity contribution is -0.251. The second-order valence-electron chi connectivity index (χ2n) is 3.68. The first kappa shape index (κ1) is 12.6. The van der Waals surface area contributed by atoms with Crippen LogP contribution in [0, 0.1) is 5.41 Å². The Kier molecular flexibility index (Phi) is 4.30. The van der Waals surface area contributed by atoms with Crippen molar-refractivity contribution in [3.05, 3.63) is 11.6 Å². The molecule has 0 aliphatic carbocycles. The van der Waals surface area contributed by atoms with Crippen LogP contribution >= 0.6 is 0 Å². The van der Waals surface area contributed by atoms with Gasteiger partial charge in [-0.15, -0.1) is 0 Å². The fourth-order valence-electron chi connectivity index (χ4n) is 0.826. The molecule has 5 nitrogen and oxygen atoms in total. The molecule has 0 rings (SSSR count). The smallest absolute Gasteiger partial charge is 0.369 e. The monoisotopic (exact) mass is 202 g/mol. The maximum absolute atomic E-state index is 11.2. The van der Waals surface area contributed by atoms with E-state index in [0.29, 0.717) is 0 Å². The van der Waals surface area contributed by atoms with Crippen molar-refractivity contribution < 1.29 is 24.5 Å². The van der Waals surface area contributed by atoms with Crippen LogP contribution in [0.4, 0.5) is 0 Å². The summed E-state index contributed by atoms with van der Waals surface area (Å²) in [6.07, 6.45) is 0.821. The SMILES string of the molecule is COOC(=O)C(=CC(=O)O)C(C)(C)C. The molecule has 0 radical (unpaired) electrons. The summed E-state index contributed by atoms with van der Waals surface area (Å²) in [4.78, 5) is 30.1. The van der Waals surface area contributed by atoms with E-state index in [9.17, 15) is 9.59 Å². The average Bonchev–Trinajstić information content (AvgIpc) is 1.98. The number of hydrogen-bond donors (Lipinski definition) is 1. The zero-order valence-electron chi connectivity index (χ0n) is 8.66. The maximum Gasteiger partial charge on any atom is 0.369 e. The van der Waals surface area contributed by atoms with Crippen molar-refractivity contribution >= 4 is 11.9 Å².